The van der Waals surface area contributed by atoms with E-state index in [0.717, 1.165) is 18.2 Å². The molecule has 0 radical (unpaired) electrons. The molecule has 1 aliphatic heterocycles. The Hall–Kier alpha value is -1.77. The third-order valence-corrected chi connectivity index (χ3v) is 3.20. The topological polar surface area (TPSA) is 18.8 Å². The zero-order valence-corrected chi connectivity index (χ0v) is 11.9. The van der Waals surface area contributed by atoms with E-state index in [1.165, 1.54) is 16.7 Å². The van der Waals surface area contributed by atoms with E-state index in [2.05, 4.69) is 69.1 Å². The predicted octanol–water partition coefficient (Wildman–Crippen LogP) is 3.34. The van der Waals surface area contributed by atoms with Crippen molar-refractivity contribution in [1.82, 2.24) is 9.80 Å². The first-order chi connectivity index (χ1) is 8.47. The van der Waals surface area contributed by atoms with Gasteiger partial charge in [-0.2, -0.15) is 0 Å². The summed E-state index contributed by atoms with van der Waals surface area (Å²) < 4.78 is 0. The Morgan fingerprint density at radius 1 is 1.11 bits per heavy atom. The fraction of sp³-hybridized carbons (Fsp3) is 0.400. The fourth-order valence-corrected chi connectivity index (χ4v) is 2.31. The molecular weight excluding hydrogens is 222 g/mol. The Morgan fingerprint density at radius 3 is 2.22 bits per heavy atom. The Bertz CT molecular complexity index is 491. The lowest BCUT2D eigenvalue weighted by molar-refractivity contribution is 0.385. The van der Waals surface area contributed by atoms with Crippen LogP contribution >= 0.6 is 0 Å². The van der Waals surface area contributed by atoms with Crippen molar-refractivity contribution in [3.8, 4) is 0 Å². The molecule has 1 heterocycles. The van der Waals surface area contributed by atoms with Crippen LogP contribution in [0.4, 0.5) is 5.69 Å². The second kappa shape index (κ2) is 4.84. The molecule has 0 amide bonds. The normalized spacial score (nSPS) is 15.7. The van der Waals surface area contributed by atoms with Crippen LogP contribution in [0.3, 0.4) is 0 Å². The molecule has 0 spiro atoms. The Morgan fingerprint density at radius 2 is 1.72 bits per heavy atom. The van der Waals surface area contributed by atoms with Gasteiger partial charge >= 0.3 is 0 Å². The largest absolute Gasteiger partial charge is 0.361 e. The minimum Gasteiger partial charge on any atom is -0.361 e. The third-order valence-electron chi connectivity index (χ3n) is 3.20. The Labute approximate surface area is 109 Å². The molecule has 18 heavy (non-hydrogen) atoms. The van der Waals surface area contributed by atoms with Crippen LogP contribution in [-0.2, 0) is 0 Å². The number of aliphatic imine (C=N–C) groups is 1. The summed E-state index contributed by atoms with van der Waals surface area (Å²) >= 11 is 0. The van der Waals surface area contributed by atoms with Crippen molar-refractivity contribution in [3.05, 3.63) is 41.2 Å². The Balaban J connectivity index is 2.30. The highest BCUT2D eigenvalue weighted by Gasteiger charge is 2.12. The predicted molar refractivity (Wildman–Crippen MR) is 77.0 cm³/mol. The highest BCUT2D eigenvalue weighted by Crippen LogP contribution is 2.25. The van der Waals surface area contributed by atoms with E-state index in [0.29, 0.717) is 0 Å². The van der Waals surface area contributed by atoms with E-state index in [9.17, 15) is 0 Å². The van der Waals surface area contributed by atoms with Crippen LogP contribution in [0.25, 0.3) is 0 Å². The van der Waals surface area contributed by atoms with Crippen molar-refractivity contribution >= 4 is 11.5 Å². The second-order valence-electron chi connectivity index (χ2n) is 5.07. The fourth-order valence-electron chi connectivity index (χ4n) is 2.31. The van der Waals surface area contributed by atoms with Gasteiger partial charge in [-0.25, -0.2) is 4.99 Å². The molecule has 0 unspecified atom stereocenters. The van der Waals surface area contributed by atoms with E-state index >= 15 is 0 Å². The number of amidine groups is 1. The highest BCUT2D eigenvalue weighted by atomic mass is 15.3. The SMILES string of the molecule is CC(=Nc1c(C)cc(C)cc1C)N1C=CN(C)C1. The van der Waals surface area contributed by atoms with Crippen LogP contribution in [0.1, 0.15) is 23.6 Å². The smallest absolute Gasteiger partial charge is 0.107 e. The number of aryl methyl sites for hydroxylation is 3. The standard InChI is InChI=1S/C15H21N3/c1-11-8-12(2)15(13(3)9-11)16-14(4)18-7-6-17(5)10-18/h6-9H,10H2,1-5H3. The van der Waals surface area contributed by atoms with Gasteiger partial charge in [0.2, 0.25) is 0 Å². The molecule has 3 nitrogen and oxygen atoms in total. The van der Waals surface area contributed by atoms with E-state index in [4.69, 9.17) is 4.99 Å². The third kappa shape index (κ3) is 2.55. The molecule has 0 saturated carbocycles. The molecule has 1 aromatic carbocycles. The number of hydrogen-bond donors (Lipinski definition) is 0. The number of rotatable bonds is 1. The van der Waals surface area contributed by atoms with Crippen LogP contribution < -0.4 is 0 Å². The molecule has 0 N–H and O–H groups in total. The number of hydrogen-bond acceptors (Lipinski definition) is 2. The van der Waals surface area contributed by atoms with E-state index in [1.807, 2.05) is 0 Å². The first kappa shape index (κ1) is 12.7. The highest BCUT2D eigenvalue weighted by molar-refractivity contribution is 5.84. The molecule has 0 bridgehead atoms. The van der Waals surface area contributed by atoms with E-state index < -0.39 is 0 Å². The molecule has 0 atom stereocenters. The first-order valence-corrected chi connectivity index (χ1v) is 6.25. The van der Waals surface area contributed by atoms with Crippen LogP contribution in [0, 0.1) is 20.8 Å². The molecule has 3 heteroatoms. The maximum atomic E-state index is 4.78. The summed E-state index contributed by atoms with van der Waals surface area (Å²) in [5.41, 5.74) is 4.87. The molecule has 0 saturated heterocycles. The summed E-state index contributed by atoms with van der Waals surface area (Å²) in [4.78, 5) is 9.06. The summed E-state index contributed by atoms with van der Waals surface area (Å²) in [5.74, 6) is 1.03. The minimum atomic E-state index is 0.874. The maximum absolute atomic E-state index is 4.78. The van der Waals surface area contributed by atoms with E-state index in [1.54, 1.807) is 0 Å². The zero-order chi connectivity index (χ0) is 13.3. The summed E-state index contributed by atoms with van der Waals surface area (Å²) in [7, 11) is 2.06. The number of benzene rings is 1. The lowest BCUT2D eigenvalue weighted by atomic mass is 10.1. The van der Waals surface area contributed by atoms with Crippen molar-refractivity contribution in [1.29, 1.82) is 0 Å². The number of nitrogens with zero attached hydrogens (tertiary/aromatic N) is 3. The molecule has 1 aliphatic rings. The zero-order valence-electron chi connectivity index (χ0n) is 11.9. The molecular formula is C15H21N3. The lowest BCUT2D eigenvalue weighted by Gasteiger charge is -2.18. The van der Waals surface area contributed by atoms with Gasteiger partial charge in [0.05, 0.1) is 12.4 Å². The van der Waals surface area contributed by atoms with Gasteiger partial charge in [0, 0.05) is 19.4 Å². The van der Waals surface area contributed by atoms with Gasteiger partial charge in [0.15, 0.2) is 0 Å². The van der Waals surface area contributed by atoms with Crippen molar-refractivity contribution < 1.29 is 0 Å². The molecule has 0 fully saturated rings. The maximum Gasteiger partial charge on any atom is 0.107 e. The molecule has 0 aliphatic carbocycles. The van der Waals surface area contributed by atoms with Gasteiger partial charge < -0.3 is 9.80 Å². The van der Waals surface area contributed by atoms with Crippen molar-refractivity contribution in [2.75, 3.05) is 13.7 Å². The van der Waals surface area contributed by atoms with Gasteiger partial charge in [0.1, 0.15) is 5.84 Å². The van der Waals surface area contributed by atoms with Crippen molar-refractivity contribution in [2.24, 2.45) is 4.99 Å². The molecule has 1 aromatic rings. The Kier molecular flexibility index (Phi) is 3.41. The van der Waals surface area contributed by atoms with Crippen LogP contribution in [0.15, 0.2) is 29.5 Å². The van der Waals surface area contributed by atoms with E-state index in [-0.39, 0.29) is 0 Å². The first-order valence-electron chi connectivity index (χ1n) is 6.25. The van der Waals surface area contributed by atoms with Crippen LogP contribution in [-0.4, -0.2) is 29.4 Å². The van der Waals surface area contributed by atoms with Gasteiger partial charge in [-0.05, 0) is 38.8 Å². The summed E-state index contributed by atoms with van der Waals surface area (Å²) in [6.07, 6.45) is 4.13. The average molecular weight is 243 g/mol. The summed E-state index contributed by atoms with van der Waals surface area (Å²) in [6, 6.07) is 4.37. The van der Waals surface area contributed by atoms with Crippen molar-refractivity contribution in [2.45, 2.75) is 27.7 Å². The minimum absolute atomic E-state index is 0.874. The second-order valence-corrected chi connectivity index (χ2v) is 5.07. The monoisotopic (exact) mass is 243 g/mol. The van der Waals surface area contributed by atoms with Gasteiger partial charge in [0.25, 0.3) is 0 Å². The van der Waals surface area contributed by atoms with Crippen molar-refractivity contribution in [3.63, 3.8) is 0 Å². The van der Waals surface area contributed by atoms with Crippen LogP contribution in [0.5, 0.6) is 0 Å². The molecule has 2 rings (SSSR count). The quantitative estimate of drug-likeness (QED) is 0.556. The lowest BCUT2D eigenvalue weighted by Crippen LogP contribution is -2.26. The van der Waals surface area contributed by atoms with Gasteiger partial charge in [-0.15, -0.1) is 0 Å². The molecule has 96 valence electrons. The average Bonchev–Trinajstić information content (AvgIpc) is 2.70. The molecule has 0 aromatic heterocycles. The summed E-state index contributed by atoms with van der Waals surface area (Å²) in [6.45, 7) is 9.30. The van der Waals surface area contributed by atoms with Gasteiger partial charge in [-0.1, -0.05) is 17.7 Å². The van der Waals surface area contributed by atoms with Gasteiger partial charge in [-0.3, -0.25) is 0 Å². The summed E-state index contributed by atoms with van der Waals surface area (Å²) in [5, 5.41) is 0. The van der Waals surface area contributed by atoms with Crippen LogP contribution in [0.2, 0.25) is 0 Å².